The van der Waals surface area contributed by atoms with E-state index in [1.54, 1.807) is 12.1 Å². The summed E-state index contributed by atoms with van der Waals surface area (Å²) in [6, 6.07) is 4.57. The SMILES string of the molecule is N[C@@H](CO)CN1CCc2cc(F)ccc21. The van der Waals surface area contributed by atoms with Crippen LogP contribution in [-0.4, -0.2) is 30.8 Å². The van der Waals surface area contributed by atoms with Crippen LogP contribution in [0.1, 0.15) is 5.56 Å². The Bertz CT molecular complexity index is 356. The number of anilines is 1. The molecule has 0 bridgehead atoms. The second-order valence-electron chi connectivity index (χ2n) is 3.91. The Hall–Kier alpha value is -1.13. The van der Waals surface area contributed by atoms with Crippen molar-refractivity contribution < 1.29 is 9.50 Å². The van der Waals surface area contributed by atoms with Crippen molar-refractivity contribution in [3.63, 3.8) is 0 Å². The van der Waals surface area contributed by atoms with Gasteiger partial charge in [-0.05, 0) is 30.2 Å². The Morgan fingerprint density at radius 2 is 2.33 bits per heavy atom. The molecule has 1 aromatic carbocycles. The van der Waals surface area contributed by atoms with Gasteiger partial charge in [0.2, 0.25) is 0 Å². The van der Waals surface area contributed by atoms with Gasteiger partial charge in [0.25, 0.3) is 0 Å². The number of hydrogen-bond acceptors (Lipinski definition) is 3. The van der Waals surface area contributed by atoms with Crippen LogP contribution in [0.2, 0.25) is 0 Å². The average molecular weight is 210 g/mol. The number of nitrogens with zero attached hydrogens (tertiary/aromatic N) is 1. The minimum absolute atomic E-state index is 0.0208. The van der Waals surface area contributed by atoms with Crippen LogP contribution in [0, 0.1) is 5.82 Å². The van der Waals surface area contributed by atoms with Crippen LogP contribution in [0.15, 0.2) is 18.2 Å². The van der Waals surface area contributed by atoms with Crippen molar-refractivity contribution in [2.24, 2.45) is 5.73 Å². The van der Waals surface area contributed by atoms with Gasteiger partial charge in [0.05, 0.1) is 6.61 Å². The van der Waals surface area contributed by atoms with E-state index in [4.69, 9.17) is 10.8 Å². The summed E-state index contributed by atoms with van der Waals surface area (Å²) in [7, 11) is 0. The summed E-state index contributed by atoms with van der Waals surface area (Å²) in [6.07, 6.45) is 0.852. The van der Waals surface area contributed by atoms with E-state index >= 15 is 0 Å². The molecule has 15 heavy (non-hydrogen) atoms. The van der Waals surface area contributed by atoms with Gasteiger partial charge in [0.1, 0.15) is 5.82 Å². The van der Waals surface area contributed by atoms with Crippen molar-refractivity contribution in [1.82, 2.24) is 0 Å². The fourth-order valence-corrected chi connectivity index (χ4v) is 1.97. The molecule has 0 saturated heterocycles. The summed E-state index contributed by atoms with van der Waals surface area (Å²) in [6.45, 7) is 1.45. The number of rotatable bonds is 3. The highest BCUT2D eigenvalue weighted by Crippen LogP contribution is 2.28. The van der Waals surface area contributed by atoms with Gasteiger partial charge in [-0.3, -0.25) is 0 Å². The number of halogens is 1. The van der Waals surface area contributed by atoms with Gasteiger partial charge in [-0.1, -0.05) is 0 Å². The normalized spacial score (nSPS) is 16.6. The van der Waals surface area contributed by atoms with E-state index in [2.05, 4.69) is 4.90 Å². The first-order chi connectivity index (χ1) is 7.20. The first kappa shape index (κ1) is 10.4. The van der Waals surface area contributed by atoms with Gasteiger partial charge in [-0.2, -0.15) is 0 Å². The predicted molar refractivity (Wildman–Crippen MR) is 57.4 cm³/mol. The van der Waals surface area contributed by atoms with Crippen molar-refractivity contribution >= 4 is 5.69 Å². The van der Waals surface area contributed by atoms with Crippen LogP contribution in [0.5, 0.6) is 0 Å². The highest BCUT2D eigenvalue weighted by atomic mass is 19.1. The van der Waals surface area contributed by atoms with Gasteiger partial charge in [0, 0.05) is 24.8 Å². The van der Waals surface area contributed by atoms with Crippen molar-refractivity contribution in [3.05, 3.63) is 29.6 Å². The molecule has 0 aliphatic carbocycles. The van der Waals surface area contributed by atoms with Gasteiger partial charge in [-0.25, -0.2) is 4.39 Å². The standard InChI is InChI=1S/C11H15FN2O/c12-9-1-2-11-8(5-9)3-4-14(11)6-10(13)7-15/h1-2,5,10,15H,3-4,6-7,13H2/t10-/m1/s1. The number of fused-ring (bicyclic) bond motifs is 1. The summed E-state index contributed by atoms with van der Waals surface area (Å²) < 4.78 is 12.9. The highest BCUT2D eigenvalue weighted by Gasteiger charge is 2.20. The monoisotopic (exact) mass is 210 g/mol. The molecule has 1 aliphatic rings. The molecule has 0 spiro atoms. The lowest BCUT2D eigenvalue weighted by Crippen LogP contribution is -2.39. The molecule has 1 heterocycles. The van der Waals surface area contributed by atoms with E-state index in [-0.39, 0.29) is 18.5 Å². The molecule has 0 radical (unpaired) electrons. The third-order valence-electron chi connectivity index (χ3n) is 2.72. The maximum atomic E-state index is 12.9. The molecule has 0 aromatic heterocycles. The lowest BCUT2D eigenvalue weighted by atomic mass is 10.1. The number of benzene rings is 1. The molecular weight excluding hydrogens is 195 g/mol. The predicted octanol–water partition coefficient (Wildman–Crippen LogP) is 0.508. The molecule has 1 aromatic rings. The Labute approximate surface area is 88.3 Å². The second kappa shape index (κ2) is 4.16. The topological polar surface area (TPSA) is 49.5 Å². The van der Waals surface area contributed by atoms with E-state index in [0.717, 1.165) is 24.2 Å². The average Bonchev–Trinajstić information content (AvgIpc) is 2.60. The van der Waals surface area contributed by atoms with E-state index < -0.39 is 0 Å². The van der Waals surface area contributed by atoms with Crippen LogP contribution in [0.25, 0.3) is 0 Å². The van der Waals surface area contributed by atoms with E-state index in [0.29, 0.717) is 6.54 Å². The molecular formula is C11H15FN2O. The van der Waals surface area contributed by atoms with Crippen molar-refractivity contribution in [2.75, 3.05) is 24.6 Å². The van der Waals surface area contributed by atoms with Crippen molar-refractivity contribution in [3.8, 4) is 0 Å². The first-order valence-electron chi connectivity index (χ1n) is 5.10. The summed E-state index contributed by atoms with van der Waals surface area (Å²) in [5, 5.41) is 8.88. The quantitative estimate of drug-likeness (QED) is 0.764. The number of nitrogens with two attached hydrogens (primary N) is 1. The van der Waals surface area contributed by atoms with Crippen molar-refractivity contribution in [2.45, 2.75) is 12.5 Å². The van der Waals surface area contributed by atoms with Crippen molar-refractivity contribution in [1.29, 1.82) is 0 Å². The molecule has 3 nitrogen and oxygen atoms in total. The van der Waals surface area contributed by atoms with Crippen LogP contribution in [0.3, 0.4) is 0 Å². The van der Waals surface area contributed by atoms with Gasteiger partial charge < -0.3 is 15.7 Å². The van der Waals surface area contributed by atoms with Crippen LogP contribution >= 0.6 is 0 Å². The highest BCUT2D eigenvalue weighted by molar-refractivity contribution is 5.58. The Balaban J connectivity index is 2.14. The smallest absolute Gasteiger partial charge is 0.123 e. The summed E-state index contributed by atoms with van der Waals surface area (Å²) in [5.74, 6) is -0.193. The fraction of sp³-hybridized carbons (Fsp3) is 0.455. The lowest BCUT2D eigenvalue weighted by Gasteiger charge is -2.22. The Morgan fingerprint density at radius 1 is 1.53 bits per heavy atom. The maximum absolute atomic E-state index is 12.9. The maximum Gasteiger partial charge on any atom is 0.123 e. The van der Waals surface area contributed by atoms with Crippen LogP contribution < -0.4 is 10.6 Å². The largest absolute Gasteiger partial charge is 0.395 e. The fourth-order valence-electron chi connectivity index (χ4n) is 1.97. The molecule has 1 atom stereocenters. The first-order valence-corrected chi connectivity index (χ1v) is 5.10. The number of hydrogen-bond donors (Lipinski definition) is 2. The zero-order valence-corrected chi connectivity index (χ0v) is 8.49. The molecule has 0 fully saturated rings. The van der Waals surface area contributed by atoms with E-state index in [1.165, 1.54) is 6.07 Å². The molecule has 3 N–H and O–H groups in total. The molecule has 0 unspecified atom stereocenters. The summed E-state index contributed by atoms with van der Waals surface area (Å²) in [4.78, 5) is 2.09. The van der Waals surface area contributed by atoms with Crippen LogP contribution in [-0.2, 0) is 6.42 Å². The number of aliphatic hydroxyl groups is 1. The van der Waals surface area contributed by atoms with E-state index in [1.807, 2.05) is 0 Å². The third kappa shape index (κ3) is 2.11. The molecule has 82 valence electrons. The summed E-state index contributed by atoms with van der Waals surface area (Å²) in [5.41, 5.74) is 7.74. The minimum atomic E-state index is -0.235. The van der Waals surface area contributed by atoms with Crippen LogP contribution in [0.4, 0.5) is 10.1 Å². The van der Waals surface area contributed by atoms with E-state index in [9.17, 15) is 4.39 Å². The van der Waals surface area contributed by atoms with Gasteiger partial charge in [0.15, 0.2) is 0 Å². The Morgan fingerprint density at radius 3 is 3.07 bits per heavy atom. The number of aliphatic hydroxyl groups excluding tert-OH is 1. The zero-order valence-electron chi connectivity index (χ0n) is 8.49. The summed E-state index contributed by atoms with van der Waals surface area (Å²) >= 11 is 0. The Kier molecular flexibility index (Phi) is 2.88. The molecule has 1 aliphatic heterocycles. The van der Waals surface area contributed by atoms with Gasteiger partial charge in [-0.15, -0.1) is 0 Å². The zero-order chi connectivity index (χ0) is 10.8. The molecule has 4 heteroatoms. The molecule has 0 amide bonds. The third-order valence-corrected chi connectivity index (χ3v) is 2.72. The molecule has 0 saturated carbocycles. The minimum Gasteiger partial charge on any atom is -0.395 e. The lowest BCUT2D eigenvalue weighted by molar-refractivity contribution is 0.267. The molecule has 2 rings (SSSR count). The second-order valence-corrected chi connectivity index (χ2v) is 3.91. The van der Waals surface area contributed by atoms with Gasteiger partial charge >= 0.3 is 0 Å².